The summed E-state index contributed by atoms with van der Waals surface area (Å²) < 4.78 is 80.1. The number of carbonyl (C=O) groups is 1. The van der Waals surface area contributed by atoms with Gasteiger partial charge < -0.3 is 24.6 Å². The molecular weight excluding hydrogens is 545 g/mol. The van der Waals surface area contributed by atoms with Crippen LogP contribution in [0.15, 0.2) is 36.4 Å². The SMILES string of the molecule is CCOc1cc(OCC)cc(C(=O)Nc2ccc(N3CCN(c4c(F)c(F)c(F)c(F)c4F)CC3)c(Cl)c2)c1. The number of amides is 1. The fraction of sp³-hybridized carbons (Fsp3) is 0.296. The summed E-state index contributed by atoms with van der Waals surface area (Å²) in [6.07, 6.45) is 0. The van der Waals surface area contributed by atoms with E-state index in [-0.39, 0.29) is 26.2 Å². The molecular formula is C27H25ClF5N3O3. The van der Waals surface area contributed by atoms with Crippen LogP contribution in [0.3, 0.4) is 0 Å². The summed E-state index contributed by atoms with van der Waals surface area (Å²) in [4.78, 5) is 15.8. The van der Waals surface area contributed by atoms with E-state index in [4.69, 9.17) is 21.1 Å². The topological polar surface area (TPSA) is 54.0 Å². The van der Waals surface area contributed by atoms with Crippen molar-refractivity contribution in [2.75, 3.05) is 54.5 Å². The number of hydrogen-bond acceptors (Lipinski definition) is 5. The molecule has 12 heteroatoms. The van der Waals surface area contributed by atoms with E-state index in [2.05, 4.69) is 5.32 Å². The molecule has 1 heterocycles. The molecule has 3 aromatic carbocycles. The van der Waals surface area contributed by atoms with Gasteiger partial charge in [-0.1, -0.05) is 11.6 Å². The van der Waals surface area contributed by atoms with Gasteiger partial charge in [0, 0.05) is 43.5 Å². The molecule has 1 aliphatic rings. The zero-order chi connectivity index (χ0) is 28.3. The first kappa shape index (κ1) is 28.3. The molecule has 39 heavy (non-hydrogen) atoms. The molecule has 1 amide bonds. The minimum Gasteiger partial charge on any atom is -0.494 e. The average molecular weight is 570 g/mol. The normalized spacial score (nSPS) is 13.4. The molecule has 208 valence electrons. The van der Waals surface area contributed by atoms with Crippen LogP contribution in [0.1, 0.15) is 24.2 Å². The van der Waals surface area contributed by atoms with E-state index in [1.165, 1.54) is 0 Å². The first-order valence-corrected chi connectivity index (χ1v) is 12.5. The smallest absolute Gasteiger partial charge is 0.255 e. The standard InChI is InChI=1S/C27H25ClF5N3O3/c1-3-38-17-11-15(12-18(14-17)39-4-2)27(37)34-16-5-6-20(19(28)13-16)35-7-9-36(10-8-35)26-24(32)22(30)21(29)23(31)25(26)33/h5-6,11-14H,3-4,7-10H2,1-2H3,(H,34,37). The number of ether oxygens (including phenoxy) is 2. The summed E-state index contributed by atoms with van der Waals surface area (Å²) in [6, 6.07) is 9.77. The largest absolute Gasteiger partial charge is 0.494 e. The maximum atomic E-state index is 14.2. The molecule has 0 unspecified atom stereocenters. The minimum absolute atomic E-state index is 0.00843. The molecule has 0 aliphatic carbocycles. The predicted octanol–water partition coefficient (Wildman–Crippen LogP) is 6.41. The second kappa shape index (κ2) is 12.0. The quantitative estimate of drug-likeness (QED) is 0.193. The molecule has 0 bridgehead atoms. The van der Waals surface area contributed by atoms with E-state index in [9.17, 15) is 26.7 Å². The maximum Gasteiger partial charge on any atom is 0.255 e. The van der Waals surface area contributed by atoms with E-state index < -0.39 is 40.7 Å². The number of benzene rings is 3. The van der Waals surface area contributed by atoms with Crippen LogP contribution in [0.25, 0.3) is 0 Å². The van der Waals surface area contributed by atoms with Crippen molar-refractivity contribution < 1.29 is 36.2 Å². The summed E-state index contributed by atoms with van der Waals surface area (Å²) >= 11 is 6.48. The highest BCUT2D eigenvalue weighted by molar-refractivity contribution is 6.33. The maximum absolute atomic E-state index is 14.2. The van der Waals surface area contributed by atoms with Gasteiger partial charge in [-0.15, -0.1) is 0 Å². The number of piperazine rings is 1. The molecule has 3 aromatic rings. The zero-order valence-electron chi connectivity index (χ0n) is 21.1. The van der Waals surface area contributed by atoms with Gasteiger partial charge in [-0.2, -0.15) is 0 Å². The van der Waals surface area contributed by atoms with Gasteiger partial charge in [-0.25, -0.2) is 22.0 Å². The Balaban J connectivity index is 1.45. The van der Waals surface area contributed by atoms with Crippen molar-refractivity contribution in [2.24, 2.45) is 0 Å². The predicted molar refractivity (Wildman–Crippen MR) is 139 cm³/mol. The minimum atomic E-state index is -2.19. The molecule has 1 N–H and O–H groups in total. The zero-order valence-corrected chi connectivity index (χ0v) is 21.8. The molecule has 0 atom stereocenters. The Morgan fingerprint density at radius 2 is 1.31 bits per heavy atom. The Morgan fingerprint density at radius 3 is 1.82 bits per heavy atom. The van der Waals surface area contributed by atoms with Crippen LogP contribution in [0, 0.1) is 29.1 Å². The van der Waals surface area contributed by atoms with Gasteiger partial charge in [0.2, 0.25) is 5.82 Å². The molecule has 0 saturated carbocycles. The number of halogens is 6. The first-order valence-electron chi connectivity index (χ1n) is 12.2. The summed E-state index contributed by atoms with van der Waals surface area (Å²) in [5.41, 5.74) is 0.391. The summed E-state index contributed by atoms with van der Waals surface area (Å²) in [6.45, 7) is 4.89. The molecule has 1 fully saturated rings. The van der Waals surface area contributed by atoms with E-state index >= 15 is 0 Å². The molecule has 6 nitrogen and oxygen atoms in total. The summed E-state index contributed by atoms with van der Waals surface area (Å²) in [5.74, 6) is -9.30. The Labute approximate surface area is 226 Å². The lowest BCUT2D eigenvalue weighted by Crippen LogP contribution is -2.47. The number of hydrogen-bond donors (Lipinski definition) is 1. The van der Waals surface area contributed by atoms with Crippen molar-refractivity contribution in [1.82, 2.24) is 0 Å². The van der Waals surface area contributed by atoms with Crippen LogP contribution in [-0.2, 0) is 0 Å². The van der Waals surface area contributed by atoms with E-state index in [1.54, 1.807) is 36.4 Å². The van der Waals surface area contributed by atoms with Gasteiger partial charge in [0.1, 0.15) is 17.2 Å². The third-order valence-electron chi connectivity index (χ3n) is 6.09. The third kappa shape index (κ3) is 5.98. The Kier molecular flexibility index (Phi) is 8.69. The number of nitrogens with zero attached hydrogens (tertiary/aromatic N) is 2. The molecule has 0 radical (unpaired) electrons. The lowest BCUT2D eigenvalue weighted by Gasteiger charge is -2.38. The summed E-state index contributed by atoms with van der Waals surface area (Å²) in [5, 5.41) is 3.08. The van der Waals surface area contributed by atoms with Crippen molar-refractivity contribution in [3.63, 3.8) is 0 Å². The van der Waals surface area contributed by atoms with Crippen LogP contribution >= 0.6 is 11.6 Å². The van der Waals surface area contributed by atoms with E-state index in [1.807, 2.05) is 18.7 Å². The van der Waals surface area contributed by atoms with Crippen LogP contribution in [0.2, 0.25) is 5.02 Å². The van der Waals surface area contributed by atoms with Crippen LogP contribution in [-0.4, -0.2) is 45.3 Å². The second-order valence-electron chi connectivity index (χ2n) is 8.57. The van der Waals surface area contributed by atoms with Crippen LogP contribution in [0.5, 0.6) is 11.5 Å². The fourth-order valence-corrected chi connectivity index (χ4v) is 4.59. The fourth-order valence-electron chi connectivity index (χ4n) is 4.29. The average Bonchev–Trinajstić information content (AvgIpc) is 2.92. The van der Waals surface area contributed by atoms with Crippen LogP contribution in [0.4, 0.5) is 39.0 Å². The molecule has 0 spiro atoms. The third-order valence-corrected chi connectivity index (χ3v) is 6.40. The Hall–Kier alpha value is -3.73. The highest BCUT2D eigenvalue weighted by Crippen LogP contribution is 2.34. The number of carbonyl (C=O) groups excluding carboxylic acids is 1. The van der Waals surface area contributed by atoms with Gasteiger partial charge in [0.15, 0.2) is 23.3 Å². The molecule has 1 aliphatic heterocycles. The lowest BCUT2D eigenvalue weighted by atomic mass is 10.1. The van der Waals surface area contributed by atoms with Gasteiger partial charge >= 0.3 is 0 Å². The van der Waals surface area contributed by atoms with Crippen molar-refractivity contribution in [2.45, 2.75) is 13.8 Å². The van der Waals surface area contributed by atoms with E-state index in [0.717, 1.165) is 4.90 Å². The van der Waals surface area contributed by atoms with Gasteiger partial charge in [-0.3, -0.25) is 4.79 Å². The number of nitrogens with one attached hydrogen (secondary N) is 1. The molecule has 1 saturated heterocycles. The van der Waals surface area contributed by atoms with Crippen molar-refractivity contribution in [3.05, 3.63) is 76.1 Å². The lowest BCUT2D eigenvalue weighted by molar-refractivity contribution is 0.102. The second-order valence-corrected chi connectivity index (χ2v) is 8.98. The summed E-state index contributed by atoms with van der Waals surface area (Å²) in [7, 11) is 0. The van der Waals surface area contributed by atoms with Gasteiger partial charge in [-0.05, 0) is 44.2 Å². The molecule has 0 aromatic heterocycles. The monoisotopic (exact) mass is 569 g/mol. The Bertz CT molecular complexity index is 1330. The number of rotatable bonds is 8. The van der Waals surface area contributed by atoms with Crippen molar-refractivity contribution in [1.29, 1.82) is 0 Å². The first-order chi connectivity index (χ1) is 18.6. The van der Waals surface area contributed by atoms with Gasteiger partial charge in [0.25, 0.3) is 5.91 Å². The van der Waals surface area contributed by atoms with E-state index in [0.29, 0.717) is 46.7 Å². The highest BCUT2D eigenvalue weighted by Gasteiger charge is 2.31. The van der Waals surface area contributed by atoms with Crippen molar-refractivity contribution in [3.8, 4) is 11.5 Å². The number of anilines is 3. The highest BCUT2D eigenvalue weighted by atomic mass is 35.5. The van der Waals surface area contributed by atoms with Gasteiger partial charge in [0.05, 0.1) is 23.9 Å². The van der Waals surface area contributed by atoms with Crippen LogP contribution < -0.4 is 24.6 Å². The molecule has 4 rings (SSSR count). The van der Waals surface area contributed by atoms with Crippen molar-refractivity contribution >= 4 is 34.6 Å². The Morgan fingerprint density at radius 1 is 0.795 bits per heavy atom.